The summed E-state index contributed by atoms with van der Waals surface area (Å²) in [5, 5.41) is 0.302. The smallest absolute Gasteiger partial charge is 0.338 e. The molecule has 0 unspecified atom stereocenters. The van der Waals surface area contributed by atoms with E-state index in [1.165, 1.54) is 18.2 Å². The predicted octanol–water partition coefficient (Wildman–Crippen LogP) is 4.10. The molecule has 128 valence electrons. The molecule has 1 heterocycles. The number of benzene rings is 2. The number of imide groups is 1. The first kappa shape index (κ1) is 17.2. The molecule has 0 radical (unpaired) electrons. The molecule has 0 saturated carbocycles. The van der Waals surface area contributed by atoms with Crippen molar-refractivity contribution in [2.24, 2.45) is 0 Å². The molecule has 0 spiro atoms. The van der Waals surface area contributed by atoms with Gasteiger partial charge in [0.2, 0.25) is 0 Å². The van der Waals surface area contributed by atoms with Gasteiger partial charge in [-0.15, -0.1) is 0 Å². The zero-order valence-electron chi connectivity index (χ0n) is 13.6. The second-order valence-electron chi connectivity index (χ2n) is 5.65. The van der Waals surface area contributed by atoms with Crippen molar-refractivity contribution >= 4 is 35.1 Å². The minimum absolute atomic E-state index is 0.176. The van der Waals surface area contributed by atoms with Crippen LogP contribution in [0.25, 0.3) is 0 Å². The lowest BCUT2D eigenvalue weighted by molar-refractivity contribution is 0.0499. The lowest BCUT2D eigenvalue weighted by Crippen LogP contribution is -2.29. The van der Waals surface area contributed by atoms with Gasteiger partial charge in [0.05, 0.1) is 34.0 Å². The number of unbranched alkanes of at least 4 members (excludes halogenated alkanes) is 1. The molecule has 1 aliphatic heterocycles. The van der Waals surface area contributed by atoms with Crippen molar-refractivity contribution in [3.63, 3.8) is 0 Å². The van der Waals surface area contributed by atoms with Gasteiger partial charge in [0.25, 0.3) is 11.8 Å². The van der Waals surface area contributed by atoms with Crippen LogP contribution in [-0.2, 0) is 4.74 Å². The maximum absolute atomic E-state index is 12.7. The maximum atomic E-state index is 12.7. The monoisotopic (exact) mass is 357 g/mol. The normalized spacial score (nSPS) is 13.1. The summed E-state index contributed by atoms with van der Waals surface area (Å²) in [4.78, 5) is 38.4. The minimum Gasteiger partial charge on any atom is -0.462 e. The Bertz CT molecular complexity index is 862. The number of hydrogen-bond donors (Lipinski definition) is 0. The van der Waals surface area contributed by atoms with Crippen molar-refractivity contribution in [3.05, 3.63) is 64.2 Å². The summed E-state index contributed by atoms with van der Waals surface area (Å²) < 4.78 is 5.15. The largest absolute Gasteiger partial charge is 0.462 e. The van der Waals surface area contributed by atoms with E-state index in [-0.39, 0.29) is 16.7 Å². The molecule has 0 N–H and O–H groups in total. The van der Waals surface area contributed by atoms with Crippen LogP contribution in [0.15, 0.2) is 42.5 Å². The Kier molecular flexibility index (Phi) is 4.86. The fourth-order valence-electron chi connectivity index (χ4n) is 2.61. The fraction of sp³-hybridized carbons (Fsp3) is 0.211. The third-order valence-electron chi connectivity index (χ3n) is 3.95. The van der Waals surface area contributed by atoms with Gasteiger partial charge in [-0.25, -0.2) is 9.69 Å². The Hall–Kier alpha value is -2.66. The lowest BCUT2D eigenvalue weighted by Gasteiger charge is -2.15. The molecular weight excluding hydrogens is 342 g/mol. The molecular formula is C19H16ClNO4. The highest BCUT2D eigenvalue weighted by molar-refractivity contribution is 6.39. The van der Waals surface area contributed by atoms with Crippen molar-refractivity contribution in [1.82, 2.24) is 0 Å². The molecule has 0 aromatic heterocycles. The Balaban J connectivity index is 1.91. The number of carbonyl (C=O) groups is 3. The van der Waals surface area contributed by atoms with Crippen molar-refractivity contribution in [3.8, 4) is 0 Å². The molecule has 0 bridgehead atoms. The SMILES string of the molecule is CCCCOC(=O)c1ccc2c(c1)C(=O)N(c1ccccc1Cl)C2=O. The third-order valence-corrected chi connectivity index (χ3v) is 4.27. The topological polar surface area (TPSA) is 63.7 Å². The number of para-hydroxylation sites is 1. The van der Waals surface area contributed by atoms with Crippen LogP contribution in [0.4, 0.5) is 5.69 Å². The average Bonchev–Trinajstić information content (AvgIpc) is 2.86. The molecule has 2 aromatic carbocycles. The first-order valence-corrected chi connectivity index (χ1v) is 8.37. The van der Waals surface area contributed by atoms with Gasteiger partial charge in [-0.3, -0.25) is 9.59 Å². The molecule has 2 aromatic rings. The zero-order valence-corrected chi connectivity index (χ0v) is 14.4. The van der Waals surface area contributed by atoms with Gasteiger partial charge in [0, 0.05) is 0 Å². The number of halogens is 1. The Morgan fingerprint density at radius 2 is 1.80 bits per heavy atom. The lowest BCUT2D eigenvalue weighted by atomic mass is 10.1. The second kappa shape index (κ2) is 7.07. The minimum atomic E-state index is -0.507. The van der Waals surface area contributed by atoms with Gasteiger partial charge < -0.3 is 4.74 Å². The van der Waals surface area contributed by atoms with E-state index in [9.17, 15) is 14.4 Å². The standard InChI is InChI=1S/C19H16ClNO4/c1-2-3-10-25-19(24)12-8-9-13-14(11-12)18(23)21(17(13)22)16-7-5-4-6-15(16)20/h4-9,11H,2-3,10H2,1H3. The van der Waals surface area contributed by atoms with Gasteiger partial charge in [0.1, 0.15) is 0 Å². The Morgan fingerprint density at radius 3 is 2.52 bits per heavy atom. The van der Waals surface area contributed by atoms with E-state index in [0.717, 1.165) is 17.7 Å². The first-order valence-electron chi connectivity index (χ1n) is 7.99. The quantitative estimate of drug-likeness (QED) is 0.459. The highest BCUT2D eigenvalue weighted by Crippen LogP contribution is 2.33. The highest BCUT2D eigenvalue weighted by atomic mass is 35.5. The third kappa shape index (κ3) is 3.15. The summed E-state index contributed by atoms with van der Waals surface area (Å²) >= 11 is 6.11. The number of rotatable bonds is 5. The number of hydrogen-bond acceptors (Lipinski definition) is 4. The second-order valence-corrected chi connectivity index (χ2v) is 6.05. The van der Waals surface area contributed by atoms with E-state index < -0.39 is 17.8 Å². The number of ether oxygens (including phenoxy) is 1. The van der Waals surface area contributed by atoms with Crippen molar-refractivity contribution in [2.75, 3.05) is 11.5 Å². The van der Waals surface area contributed by atoms with Crippen LogP contribution in [-0.4, -0.2) is 24.4 Å². The van der Waals surface area contributed by atoms with E-state index >= 15 is 0 Å². The van der Waals surface area contributed by atoms with Crippen molar-refractivity contribution in [1.29, 1.82) is 0 Å². The van der Waals surface area contributed by atoms with Crippen LogP contribution in [0.3, 0.4) is 0 Å². The van der Waals surface area contributed by atoms with Gasteiger partial charge in [-0.05, 0) is 36.8 Å². The predicted molar refractivity (Wildman–Crippen MR) is 94.2 cm³/mol. The number of anilines is 1. The van der Waals surface area contributed by atoms with Gasteiger partial charge in [-0.1, -0.05) is 37.1 Å². The number of fused-ring (bicyclic) bond motifs is 1. The van der Waals surface area contributed by atoms with Gasteiger partial charge in [0.15, 0.2) is 0 Å². The Labute approximate surface area is 150 Å². The summed E-state index contributed by atoms with van der Waals surface area (Å²) in [5.74, 6) is -1.47. The molecule has 0 fully saturated rings. The zero-order chi connectivity index (χ0) is 18.0. The average molecular weight is 358 g/mol. The number of esters is 1. The molecule has 0 atom stereocenters. The van der Waals surface area contributed by atoms with E-state index in [1.54, 1.807) is 24.3 Å². The molecule has 0 aliphatic carbocycles. The van der Waals surface area contributed by atoms with E-state index in [4.69, 9.17) is 16.3 Å². The molecule has 6 heteroatoms. The fourth-order valence-corrected chi connectivity index (χ4v) is 2.83. The van der Waals surface area contributed by atoms with Crippen LogP contribution in [0, 0.1) is 0 Å². The van der Waals surface area contributed by atoms with Crippen LogP contribution in [0.5, 0.6) is 0 Å². The Morgan fingerprint density at radius 1 is 1.08 bits per heavy atom. The molecule has 5 nitrogen and oxygen atoms in total. The highest BCUT2D eigenvalue weighted by Gasteiger charge is 2.38. The van der Waals surface area contributed by atoms with Gasteiger partial charge in [-0.2, -0.15) is 0 Å². The molecule has 1 aliphatic rings. The van der Waals surface area contributed by atoms with E-state index in [0.29, 0.717) is 17.3 Å². The molecule has 3 rings (SSSR count). The summed E-state index contributed by atoms with van der Waals surface area (Å²) in [5.41, 5.74) is 0.990. The summed E-state index contributed by atoms with van der Waals surface area (Å²) in [6.07, 6.45) is 1.69. The van der Waals surface area contributed by atoms with Crippen molar-refractivity contribution < 1.29 is 19.1 Å². The van der Waals surface area contributed by atoms with E-state index in [2.05, 4.69) is 0 Å². The van der Waals surface area contributed by atoms with Crippen LogP contribution in [0.1, 0.15) is 50.8 Å². The van der Waals surface area contributed by atoms with Crippen LogP contribution >= 0.6 is 11.6 Å². The summed E-state index contributed by atoms with van der Waals surface area (Å²) in [6.45, 7) is 2.32. The summed E-state index contributed by atoms with van der Waals surface area (Å²) in [6, 6.07) is 11.0. The van der Waals surface area contributed by atoms with Gasteiger partial charge >= 0.3 is 5.97 Å². The number of carbonyl (C=O) groups excluding carboxylic acids is 3. The van der Waals surface area contributed by atoms with Crippen LogP contribution in [0.2, 0.25) is 5.02 Å². The maximum Gasteiger partial charge on any atom is 0.338 e. The first-order chi connectivity index (χ1) is 12.0. The number of amides is 2. The molecule has 25 heavy (non-hydrogen) atoms. The summed E-state index contributed by atoms with van der Waals surface area (Å²) in [7, 11) is 0. The number of nitrogens with zero attached hydrogens (tertiary/aromatic N) is 1. The molecule has 2 amide bonds. The van der Waals surface area contributed by atoms with Crippen LogP contribution < -0.4 is 4.90 Å². The molecule has 0 saturated heterocycles. The van der Waals surface area contributed by atoms with Crippen molar-refractivity contribution in [2.45, 2.75) is 19.8 Å². The van der Waals surface area contributed by atoms with E-state index in [1.807, 2.05) is 6.92 Å².